The summed E-state index contributed by atoms with van der Waals surface area (Å²) in [5, 5.41) is 7.12. The maximum Gasteiger partial charge on any atom is 0.317 e. The molecule has 0 radical (unpaired) electrons. The number of aromatic nitrogens is 2. The number of rotatable bonds is 6. The third kappa shape index (κ3) is 5.07. The molecule has 0 saturated heterocycles. The number of carbonyl (C=O) groups excluding carboxylic acids is 2. The minimum absolute atomic E-state index is 0.0446. The Bertz CT molecular complexity index is 1480. The van der Waals surface area contributed by atoms with E-state index in [-0.39, 0.29) is 11.9 Å². The fourth-order valence-corrected chi connectivity index (χ4v) is 5.38. The molecular formula is C30H31N5O3. The van der Waals surface area contributed by atoms with Crippen molar-refractivity contribution < 1.29 is 14.0 Å². The Labute approximate surface area is 221 Å². The van der Waals surface area contributed by atoms with Gasteiger partial charge in [-0.05, 0) is 60.7 Å². The molecule has 3 aromatic heterocycles. The van der Waals surface area contributed by atoms with Gasteiger partial charge in [0.25, 0.3) is 5.91 Å². The summed E-state index contributed by atoms with van der Waals surface area (Å²) < 4.78 is 5.30. The van der Waals surface area contributed by atoms with E-state index in [0.29, 0.717) is 37.0 Å². The van der Waals surface area contributed by atoms with Gasteiger partial charge in [-0.25, -0.2) is 9.78 Å². The zero-order valence-electron chi connectivity index (χ0n) is 21.2. The second kappa shape index (κ2) is 10.6. The van der Waals surface area contributed by atoms with Crippen LogP contribution in [0.5, 0.6) is 0 Å². The lowest BCUT2D eigenvalue weighted by atomic mass is 9.97. The Balaban J connectivity index is 1.18. The highest BCUT2D eigenvalue weighted by Crippen LogP contribution is 2.31. The van der Waals surface area contributed by atoms with E-state index in [1.165, 1.54) is 18.4 Å². The zero-order valence-corrected chi connectivity index (χ0v) is 21.2. The van der Waals surface area contributed by atoms with Crippen LogP contribution in [-0.2, 0) is 6.54 Å². The smallest absolute Gasteiger partial charge is 0.317 e. The molecule has 0 spiro atoms. The molecule has 4 heterocycles. The van der Waals surface area contributed by atoms with E-state index in [0.717, 1.165) is 47.0 Å². The van der Waals surface area contributed by atoms with E-state index in [4.69, 9.17) is 4.42 Å². The van der Waals surface area contributed by atoms with Crippen molar-refractivity contribution >= 4 is 28.5 Å². The zero-order chi connectivity index (χ0) is 25.9. The molecule has 1 aromatic carbocycles. The Morgan fingerprint density at radius 3 is 2.79 bits per heavy atom. The SMILES string of the molecule is O=C(NCc1ccco1)c1cccc(-c2cnc3[nH]cc(C4=CCN(C(=O)NC5CCCC5)CC4)c3c2)c1. The van der Waals surface area contributed by atoms with Gasteiger partial charge in [0.15, 0.2) is 0 Å². The number of benzene rings is 1. The molecule has 4 aromatic rings. The maximum atomic E-state index is 12.7. The molecular weight excluding hydrogens is 478 g/mol. The Morgan fingerprint density at radius 2 is 2.00 bits per heavy atom. The summed E-state index contributed by atoms with van der Waals surface area (Å²) in [6, 6.07) is 13.7. The van der Waals surface area contributed by atoms with Crippen molar-refractivity contribution in [1.82, 2.24) is 25.5 Å². The number of pyridine rings is 1. The summed E-state index contributed by atoms with van der Waals surface area (Å²) in [6.45, 7) is 1.63. The van der Waals surface area contributed by atoms with Crippen LogP contribution >= 0.6 is 0 Å². The topological polar surface area (TPSA) is 103 Å². The van der Waals surface area contributed by atoms with E-state index in [2.05, 4.69) is 32.7 Å². The van der Waals surface area contributed by atoms with E-state index in [1.807, 2.05) is 41.6 Å². The van der Waals surface area contributed by atoms with Crippen LogP contribution in [0.3, 0.4) is 0 Å². The van der Waals surface area contributed by atoms with Crippen molar-refractivity contribution in [3.63, 3.8) is 0 Å². The Morgan fingerprint density at radius 1 is 1.11 bits per heavy atom. The van der Waals surface area contributed by atoms with Crippen LogP contribution < -0.4 is 10.6 Å². The van der Waals surface area contributed by atoms with Crippen LogP contribution in [0.15, 0.2) is 71.6 Å². The van der Waals surface area contributed by atoms with Crippen molar-refractivity contribution in [3.05, 3.63) is 84.1 Å². The second-order valence-electron chi connectivity index (χ2n) is 10.0. The van der Waals surface area contributed by atoms with Crippen molar-refractivity contribution in [1.29, 1.82) is 0 Å². The third-order valence-corrected chi connectivity index (χ3v) is 7.52. The molecule has 1 fully saturated rings. The summed E-state index contributed by atoms with van der Waals surface area (Å²) >= 11 is 0. The first-order valence-electron chi connectivity index (χ1n) is 13.3. The standard InChI is InChI=1S/C30H31N5O3/c36-29(33-18-25-9-4-14-38-25)22-6-3-5-21(15-22)23-16-26-27(19-32-28(26)31-17-23)20-10-12-35(13-11-20)30(37)34-24-7-1-2-8-24/h3-6,9-10,14-17,19,24H,1-2,7-8,11-13,18H2,(H,31,32)(H,33,36)(H,34,37). The molecule has 194 valence electrons. The number of amides is 3. The number of nitrogens with one attached hydrogen (secondary N) is 3. The average molecular weight is 510 g/mol. The molecule has 6 rings (SSSR count). The Hall–Kier alpha value is -4.33. The number of aromatic amines is 1. The lowest BCUT2D eigenvalue weighted by Crippen LogP contribution is -2.45. The van der Waals surface area contributed by atoms with Gasteiger partial charge in [-0.15, -0.1) is 0 Å². The number of urea groups is 1. The van der Waals surface area contributed by atoms with Gasteiger partial charge >= 0.3 is 6.03 Å². The van der Waals surface area contributed by atoms with Crippen molar-refractivity contribution in [2.75, 3.05) is 13.1 Å². The fraction of sp³-hybridized carbons (Fsp3) is 0.300. The molecule has 8 nitrogen and oxygen atoms in total. The molecule has 3 N–H and O–H groups in total. The van der Waals surface area contributed by atoms with Gasteiger partial charge in [0.2, 0.25) is 0 Å². The maximum absolute atomic E-state index is 12.7. The van der Waals surface area contributed by atoms with Crippen LogP contribution in [0.1, 0.15) is 53.8 Å². The number of hydrogen-bond donors (Lipinski definition) is 3. The predicted octanol–water partition coefficient (Wildman–Crippen LogP) is 5.49. The molecule has 0 unspecified atom stereocenters. The van der Waals surface area contributed by atoms with Crippen LogP contribution in [0.4, 0.5) is 4.79 Å². The molecule has 0 atom stereocenters. The van der Waals surface area contributed by atoms with E-state index in [9.17, 15) is 9.59 Å². The molecule has 1 aliphatic carbocycles. The van der Waals surface area contributed by atoms with Gasteiger partial charge < -0.3 is 24.9 Å². The molecule has 3 amide bonds. The van der Waals surface area contributed by atoms with Crippen LogP contribution in [0.25, 0.3) is 27.7 Å². The van der Waals surface area contributed by atoms with Gasteiger partial charge in [-0.3, -0.25) is 4.79 Å². The first kappa shape index (κ1) is 24.0. The third-order valence-electron chi connectivity index (χ3n) is 7.52. The molecule has 1 saturated carbocycles. The van der Waals surface area contributed by atoms with Crippen LogP contribution in [0, 0.1) is 0 Å². The Kier molecular flexibility index (Phi) is 6.69. The lowest BCUT2D eigenvalue weighted by molar-refractivity contribution is 0.0948. The highest BCUT2D eigenvalue weighted by atomic mass is 16.3. The van der Waals surface area contributed by atoms with Gasteiger partial charge in [0.1, 0.15) is 11.4 Å². The highest BCUT2D eigenvalue weighted by Gasteiger charge is 2.23. The van der Waals surface area contributed by atoms with Gasteiger partial charge in [0, 0.05) is 53.6 Å². The molecule has 1 aliphatic heterocycles. The van der Waals surface area contributed by atoms with E-state index >= 15 is 0 Å². The highest BCUT2D eigenvalue weighted by molar-refractivity contribution is 5.97. The number of carbonyl (C=O) groups is 2. The van der Waals surface area contributed by atoms with Gasteiger partial charge in [-0.2, -0.15) is 0 Å². The first-order chi connectivity index (χ1) is 18.6. The minimum Gasteiger partial charge on any atom is -0.467 e. The summed E-state index contributed by atoms with van der Waals surface area (Å²) in [6.07, 6.45) is 12.9. The number of fused-ring (bicyclic) bond motifs is 1. The molecule has 2 aliphatic rings. The first-order valence-corrected chi connectivity index (χ1v) is 13.3. The minimum atomic E-state index is -0.159. The summed E-state index contributed by atoms with van der Waals surface area (Å²) in [7, 11) is 0. The summed E-state index contributed by atoms with van der Waals surface area (Å²) in [5.74, 6) is 0.548. The van der Waals surface area contributed by atoms with Crippen LogP contribution in [0.2, 0.25) is 0 Å². The number of nitrogens with zero attached hydrogens (tertiary/aromatic N) is 2. The molecule has 38 heavy (non-hydrogen) atoms. The van der Waals surface area contributed by atoms with Crippen molar-refractivity contribution in [2.24, 2.45) is 0 Å². The predicted molar refractivity (Wildman–Crippen MR) is 146 cm³/mol. The fourth-order valence-electron chi connectivity index (χ4n) is 5.38. The second-order valence-corrected chi connectivity index (χ2v) is 10.0. The van der Waals surface area contributed by atoms with Gasteiger partial charge in [-0.1, -0.05) is 31.1 Å². The summed E-state index contributed by atoms with van der Waals surface area (Å²) in [5.41, 5.74) is 5.58. The number of hydrogen-bond acceptors (Lipinski definition) is 4. The van der Waals surface area contributed by atoms with Crippen molar-refractivity contribution in [2.45, 2.75) is 44.7 Å². The normalized spacial score (nSPS) is 16.0. The molecule has 0 bridgehead atoms. The number of furan rings is 1. The largest absolute Gasteiger partial charge is 0.467 e. The van der Waals surface area contributed by atoms with Gasteiger partial charge in [0.05, 0.1) is 12.8 Å². The summed E-state index contributed by atoms with van der Waals surface area (Å²) in [4.78, 5) is 35.2. The average Bonchev–Trinajstić information content (AvgIpc) is 3.74. The molecule has 8 heteroatoms. The van der Waals surface area contributed by atoms with Crippen LogP contribution in [-0.4, -0.2) is 45.9 Å². The van der Waals surface area contributed by atoms with E-state index in [1.54, 1.807) is 18.4 Å². The quantitative estimate of drug-likeness (QED) is 0.320. The van der Waals surface area contributed by atoms with E-state index < -0.39 is 0 Å². The monoisotopic (exact) mass is 509 g/mol. The lowest BCUT2D eigenvalue weighted by Gasteiger charge is -2.28. The van der Waals surface area contributed by atoms with Crippen molar-refractivity contribution in [3.8, 4) is 11.1 Å². The number of H-pyrrole nitrogens is 1.